The van der Waals surface area contributed by atoms with Gasteiger partial charge in [0.25, 0.3) is 0 Å². The van der Waals surface area contributed by atoms with Gasteiger partial charge in [0.2, 0.25) is 0 Å². The highest BCUT2D eigenvalue weighted by Gasteiger charge is 2.19. The predicted molar refractivity (Wildman–Crippen MR) is 152 cm³/mol. The molecule has 180 valence electrons. The van der Waals surface area contributed by atoms with Gasteiger partial charge in [0.15, 0.2) is 0 Å². The topological polar surface area (TPSA) is 72.7 Å². The number of aromatic amines is 1. The van der Waals surface area contributed by atoms with E-state index in [2.05, 4.69) is 29.3 Å². The van der Waals surface area contributed by atoms with Gasteiger partial charge < -0.3 is 10.1 Å². The van der Waals surface area contributed by atoms with Crippen LogP contribution in [0.3, 0.4) is 0 Å². The molecule has 0 aliphatic carbocycles. The van der Waals surface area contributed by atoms with E-state index in [0.717, 1.165) is 49.3 Å². The number of aliphatic hydroxyl groups is 1. The number of hydrogen-bond acceptors (Lipinski definition) is 3. The number of imidazole rings is 1. The molecule has 0 fully saturated rings. The van der Waals surface area contributed by atoms with Crippen LogP contribution in [0, 0.1) is 11.3 Å². The summed E-state index contributed by atoms with van der Waals surface area (Å²) in [4.78, 5) is 8.38. The van der Waals surface area contributed by atoms with Crippen LogP contribution in [0.2, 0.25) is 10.0 Å². The largest absolute Gasteiger partial charge is 0.386 e. The van der Waals surface area contributed by atoms with Gasteiger partial charge in [0.05, 0.1) is 38.9 Å². The molecule has 6 heteroatoms. The molecule has 0 atom stereocenters. The van der Waals surface area contributed by atoms with Crippen molar-refractivity contribution in [3.63, 3.8) is 0 Å². The lowest BCUT2D eigenvalue weighted by atomic mass is 9.93. The smallest absolute Gasteiger partial charge is 0.141 e. The molecule has 0 radical (unpaired) electrons. The average molecular weight is 522 g/mol. The summed E-state index contributed by atoms with van der Waals surface area (Å²) < 4.78 is 0. The highest BCUT2D eigenvalue weighted by Crippen LogP contribution is 2.40. The van der Waals surface area contributed by atoms with Crippen molar-refractivity contribution in [1.82, 2.24) is 9.97 Å². The lowest BCUT2D eigenvalue weighted by Crippen LogP contribution is -2.14. The first kappa shape index (κ1) is 23.5. The molecule has 0 aliphatic heterocycles. The van der Waals surface area contributed by atoms with Crippen molar-refractivity contribution < 1.29 is 5.11 Å². The van der Waals surface area contributed by atoms with E-state index in [1.807, 2.05) is 42.5 Å². The Hall–Kier alpha value is -3.88. The molecule has 5 aromatic carbocycles. The molecule has 6 aromatic rings. The monoisotopic (exact) mass is 521 g/mol. The molecule has 0 aliphatic rings. The maximum atomic E-state index is 10.3. The van der Waals surface area contributed by atoms with Crippen LogP contribution in [0.1, 0.15) is 25.0 Å². The Kier molecular flexibility index (Phi) is 5.47. The molecule has 2 N–H and O–H groups in total. The lowest BCUT2D eigenvalue weighted by Gasteiger charge is -2.18. The van der Waals surface area contributed by atoms with Crippen LogP contribution in [0.25, 0.3) is 55.1 Å². The van der Waals surface area contributed by atoms with Gasteiger partial charge in [0, 0.05) is 15.8 Å². The third-order valence-electron chi connectivity index (χ3n) is 6.82. The van der Waals surface area contributed by atoms with Crippen LogP contribution in [-0.4, -0.2) is 15.1 Å². The van der Waals surface area contributed by atoms with Crippen molar-refractivity contribution in [1.29, 1.82) is 5.26 Å². The summed E-state index contributed by atoms with van der Waals surface area (Å²) in [6, 6.07) is 27.5. The molecule has 37 heavy (non-hydrogen) atoms. The number of nitrogens with zero attached hydrogens (tertiary/aromatic N) is 2. The van der Waals surface area contributed by atoms with Gasteiger partial charge >= 0.3 is 0 Å². The number of benzene rings is 5. The first-order chi connectivity index (χ1) is 17.7. The van der Waals surface area contributed by atoms with Gasteiger partial charge in [0.1, 0.15) is 5.82 Å². The zero-order chi connectivity index (χ0) is 25.9. The fraction of sp³-hybridized carbons (Fsp3) is 0.0968. The molecule has 4 nitrogen and oxygen atoms in total. The summed E-state index contributed by atoms with van der Waals surface area (Å²) in [5, 5.41) is 25.1. The number of hydrogen-bond donors (Lipinski definition) is 2. The van der Waals surface area contributed by atoms with Crippen LogP contribution in [0.4, 0.5) is 0 Å². The molecule has 1 aromatic heterocycles. The lowest BCUT2D eigenvalue weighted by molar-refractivity contribution is 0.0786. The minimum atomic E-state index is -0.898. The Bertz CT molecular complexity index is 1890. The highest BCUT2D eigenvalue weighted by molar-refractivity contribution is 6.34. The second-order valence-electron chi connectivity index (χ2n) is 9.67. The van der Waals surface area contributed by atoms with Gasteiger partial charge in [-0.25, -0.2) is 4.98 Å². The minimum absolute atomic E-state index is 0.458. The van der Waals surface area contributed by atoms with E-state index in [1.165, 1.54) is 0 Å². The number of H-pyrrole nitrogens is 1. The number of halogens is 2. The molecule has 6 rings (SSSR count). The van der Waals surface area contributed by atoms with Crippen molar-refractivity contribution in [3.05, 3.63) is 100 Å². The van der Waals surface area contributed by atoms with Crippen molar-refractivity contribution in [2.75, 3.05) is 0 Å². The van der Waals surface area contributed by atoms with E-state index >= 15 is 0 Å². The van der Waals surface area contributed by atoms with Crippen molar-refractivity contribution in [3.8, 4) is 28.6 Å². The van der Waals surface area contributed by atoms with Gasteiger partial charge in [-0.15, -0.1) is 0 Å². The third kappa shape index (κ3) is 3.93. The Morgan fingerprint density at radius 2 is 1.54 bits per heavy atom. The molecular weight excluding hydrogens is 501 g/mol. The Balaban J connectivity index is 1.63. The van der Waals surface area contributed by atoms with Crippen molar-refractivity contribution in [2.24, 2.45) is 0 Å². The summed E-state index contributed by atoms with van der Waals surface area (Å²) >= 11 is 13.0. The number of nitriles is 1. The fourth-order valence-electron chi connectivity index (χ4n) is 4.92. The van der Waals surface area contributed by atoms with Gasteiger partial charge in [-0.2, -0.15) is 5.26 Å². The number of fused-ring (bicyclic) bond motifs is 6. The summed E-state index contributed by atoms with van der Waals surface area (Å²) in [6.45, 7) is 3.55. The summed E-state index contributed by atoms with van der Waals surface area (Å²) in [5.74, 6) is 0.548. The van der Waals surface area contributed by atoms with E-state index < -0.39 is 5.60 Å². The quantitative estimate of drug-likeness (QED) is 0.229. The molecular formula is C31H21Cl2N3O. The molecule has 0 amide bonds. The molecule has 0 saturated heterocycles. The Labute approximate surface area is 223 Å². The molecule has 0 bridgehead atoms. The van der Waals surface area contributed by atoms with Gasteiger partial charge in [-0.1, -0.05) is 71.7 Å². The maximum absolute atomic E-state index is 10.3. The van der Waals surface area contributed by atoms with E-state index in [0.29, 0.717) is 27.0 Å². The molecule has 0 unspecified atom stereocenters. The second-order valence-corrected chi connectivity index (χ2v) is 10.5. The maximum Gasteiger partial charge on any atom is 0.141 e. The Morgan fingerprint density at radius 1 is 0.838 bits per heavy atom. The molecule has 0 saturated carbocycles. The highest BCUT2D eigenvalue weighted by atomic mass is 35.5. The Morgan fingerprint density at radius 3 is 2.27 bits per heavy atom. The van der Waals surface area contributed by atoms with Crippen LogP contribution in [0.5, 0.6) is 0 Å². The van der Waals surface area contributed by atoms with E-state index in [-0.39, 0.29) is 0 Å². The second kappa shape index (κ2) is 8.61. The van der Waals surface area contributed by atoms with Crippen molar-refractivity contribution >= 4 is 55.8 Å². The molecule has 1 heterocycles. The zero-order valence-electron chi connectivity index (χ0n) is 20.1. The number of rotatable bonds is 3. The van der Waals surface area contributed by atoms with Crippen molar-refractivity contribution in [2.45, 2.75) is 19.4 Å². The summed E-state index contributed by atoms with van der Waals surface area (Å²) in [7, 11) is 0. The van der Waals surface area contributed by atoms with Crippen LogP contribution in [0.15, 0.2) is 78.9 Å². The van der Waals surface area contributed by atoms with E-state index in [1.54, 1.807) is 32.0 Å². The van der Waals surface area contributed by atoms with Crippen LogP contribution >= 0.6 is 23.2 Å². The minimum Gasteiger partial charge on any atom is -0.386 e. The third-order valence-corrected chi connectivity index (χ3v) is 7.37. The summed E-state index contributed by atoms with van der Waals surface area (Å²) in [5.41, 5.74) is 4.75. The fourth-order valence-corrected chi connectivity index (χ4v) is 5.36. The SMILES string of the molecule is CC(C)(O)c1ccc(-c2ccc3c(c2)c2cc(Cl)ccc2c2[nH]c(-c4c(Cl)cccc4C#N)nc32)cc1. The predicted octanol–water partition coefficient (Wildman–Crippen LogP) is 8.61. The molecule has 0 spiro atoms. The first-order valence-corrected chi connectivity index (χ1v) is 12.6. The van der Waals surface area contributed by atoms with Gasteiger partial charge in [-0.05, 0) is 71.6 Å². The zero-order valence-corrected chi connectivity index (χ0v) is 21.6. The van der Waals surface area contributed by atoms with Crippen LogP contribution in [-0.2, 0) is 5.60 Å². The number of nitrogens with one attached hydrogen (secondary N) is 1. The number of aromatic nitrogens is 2. The van der Waals surface area contributed by atoms with E-state index in [9.17, 15) is 10.4 Å². The average Bonchev–Trinajstić information content (AvgIpc) is 3.33. The first-order valence-electron chi connectivity index (χ1n) is 11.8. The van der Waals surface area contributed by atoms with Gasteiger partial charge in [-0.3, -0.25) is 0 Å². The normalized spacial score (nSPS) is 11.9. The standard InChI is InChI=1S/C31H21Cl2N3O/c1-31(2,37)20-9-6-17(7-10-20)18-8-12-22-24(14-18)25-15-21(32)11-13-23(25)29-28(22)35-30(36-29)27-19(16-34)4-3-5-26(27)33/h3-15,37H,1-2H3,(H,35,36). The van der Waals surface area contributed by atoms with E-state index in [4.69, 9.17) is 28.2 Å². The summed E-state index contributed by atoms with van der Waals surface area (Å²) in [6.07, 6.45) is 0. The van der Waals surface area contributed by atoms with Crippen LogP contribution < -0.4 is 0 Å².